The smallest absolute Gasteiger partial charge is 0.246 e. The van der Waals surface area contributed by atoms with Crippen LogP contribution in [0.3, 0.4) is 0 Å². The SMILES string of the molecule is CN1CCN(C(=O)C=Cc2ccc(Br)s2)CC1. The molecule has 1 aliphatic heterocycles. The van der Waals surface area contributed by atoms with Crippen LogP contribution in [0.1, 0.15) is 4.88 Å². The molecule has 1 aromatic heterocycles. The van der Waals surface area contributed by atoms with E-state index in [1.165, 1.54) is 0 Å². The molecule has 0 unspecified atom stereocenters. The van der Waals surface area contributed by atoms with E-state index in [0.29, 0.717) is 0 Å². The molecule has 0 bridgehead atoms. The van der Waals surface area contributed by atoms with E-state index in [2.05, 4.69) is 27.9 Å². The average Bonchev–Trinajstić information content (AvgIpc) is 2.73. The van der Waals surface area contributed by atoms with Crippen LogP contribution in [0.25, 0.3) is 6.08 Å². The van der Waals surface area contributed by atoms with Crippen molar-refractivity contribution in [1.82, 2.24) is 9.80 Å². The van der Waals surface area contributed by atoms with E-state index in [4.69, 9.17) is 0 Å². The van der Waals surface area contributed by atoms with Gasteiger partial charge in [-0.15, -0.1) is 11.3 Å². The van der Waals surface area contributed by atoms with Gasteiger partial charge in [-0.3, -0.25) is 4.79 Å². The number of likely N-dealkylation sites (N-methyl/N-ethyl adjacent to an activating group) is 1. The summed E-state index contributed by atoms with van der Waals surface area (Å²) < 4.78 is 1.09. The van der Waals surface area contributed by atoms with Gasteiger partial charge in [0.05, 0.1) is 3.79 Å². The number of piperazine rings is 1. The molecule has 3 nitrogen and oxygen atoms in total. The summed E-state index contributed by atoms with van der Waals surface area (Å²) in [5.41, 5.74) is 0. The zero-order chi connectivity index (χ0) is 12.3. The summed E-state index contributed by atoms with van der Waals surface area (Å²) in [6.45, 7) is 3.58. The molecule has 0 radical (unpaired) electrons. The molecule has 0 aliphatic carbocycles. The average molecular weight is 315 g/mol. The number of amides is 1. The van der Waals surface area contributed by atoms with Crippen LogP contribution in [0.4, 0.5) is 0 Å². The maximum absolute atomic E-state index is 11.9. The highest BCUT2D eigenvalue weighted by atomic mass is 79.9. The first-order chi connectivity index (χ1) is 8.15. The molecule has 1 saturated heterocycles. The van der Waals surface area contributed by atoms with Gasteiger partial charge in [0.1, 0.15) is 0 Å². The second kappa shape index (κ2) is 5.80. The lowest BCUT2D eigenvalue weighted by atomic mass is 10.3. The minimum Gasteiger partial charge on any atom is -0.337 e. The number of hydrogen-bond acceptors (Lipinski definition) is 3. The van der Waals surface area contributed by atoms with E-state index in [1.807, 2.05) is 23.1 Å². The van der Waals surface area contributed by atoms with Gasteiger partial charge in [-0.25, -0.2) is 0 Å². The maximum atomic E-state index is 11.9. The Hall–Kier alpha value is -0.650. The normalized spacial score (nSPS) is 17.9. The van der Waals surface area contributed by atoms with Crippen molar-refractivity contribution < 1.29 is 4.79 Å². The van der Waals surface area contributed by atoms with Crippen molar-refractivity contribution >= 4 is 39.2 Å². The van der Waals surface area contributed by atoms with Crippen LogP contribution in [-0.2, 0) is 4.79 Å². The van der Waals surface area contributed by atoms with Crippen molar-refractivity contribution in [3.63, 3.8) is 0 Å². The molecule has 0 spiro atoms. The Balaban J connectivity index is 1.90. The van der Waals surface area contributed by atoms with Crippen molar-refractivity contribution in [2.45, 2.75) is 0 Å². The van der Waals surface area contributed by atoms with E-state index in [1.54, 1.807) is 17.4 Å². The Morgan fingerprint density at radius 3 is 2.65 bits per heavy atom. The monoisotopic (exact) mass is 314 g/mol. The maximum Gasteiger partial charge on any atom is 0.246 e. The molecule has 2 heterocycles. The van der Waals surface area contributed by atoms with Crippen LogP contribution in [0.2, 0.25) is 0 Å². The lowest BCUT2D eigenvalue weighted by Crippen LogP contribution is -2.46. The minimum atomic E-state index is 0.114. The van der Waals surface area contributed by atoms with Crippen molar-refractivity contribution in [1.29, 1.82) is 0 Å². The number of hydrogen-bond donors (Lipinski definition) is 0. The first kappa shape index (κ1) is 12.8. The summed E-state index contributed by atoms with van der Waals surface area (Å²) >= 11 is 5.03. The van der Waals surface area contributed by atoms with Gasteiger partial charge in [0.2, 0.25) is 5.91 Å². The zero-order valence-corrected chi connectivity index (χ0v) is 12.1. The summed E-state index contributed by atoms with van der Waals surface area (Å²) in [7, 11) is 2.08. The number of thiophene rings is 1. The molecule has 2 rings (SSSR count). The molecular formula is C12H15BrN2OS. The van der Waals surface area contributed by atoms with E-state index in [9.17, 15) is 4.79 Å². The van der Waals surface area contributed by atoms with Crippen molar-refractivity contribution in [2.24, 2.45) is 0 Å². The molecule has 17 heavy (non-hydrogen) atoms. The van der Waals surface area contributed by atoms with E-state index in [0.717, 1.165) is 34.8 Å². The molecule has 1 aliphatic rings. The van der Waals surface area contributed by atoms with Gasteiger partial charge in [0, 0.05) is 37.1 Å². The van der Waals surface area contributed by atoms with Gasteiger partial charge in [-0.1, -0.05) is 0 Å². The van der Waals surface area contributed by atoms with Crippen LogP contribution in [0.15, 0.2) is 22.0 Å². The minimum absolute atomic E-state index is 0.114. The van der Waals surface area contributed by atoms with Gasteiger partial charge in [-0.2, -0.15) is 0 Å². The topological polar surface area (TPSA) is 23.6 Å². The molecule has 0 N–H and O–H groups in total. The third-order valence-electron chi connectivity index (χ3n) is 2.80. The predicted octanol–water partition coefficient (Wildman–Crippen LogP) is 2.30. The molecule has 1 amide bonds. The van der Waals surface area contributed by atoms with Crippen LogP contribution in [-0.4, -0.2) is 48.9 Å². The largest absolute Gasteiger partial charge is 0.337 e. The molecule has 0 aromatic carbocycles. The third-order valence-corrected chi connectivity index (χ3v) is 4.39. The van der Waals surface area contributed by atoms with Crippen molar-refractivity contribution in [2.75, 3.05) is 33.2 Å². The second-order valence-electron chi connectivity index (χ2n) is 4.10. The molecular weight excluding hydrogens is 300 g/mol. The van der Waals surface area contributed by atoms with Gasteiger partial charge in [0.25, 0.3) is 0 Å². The molecule has 0 atom stereocenters. The fourth-order valence-corrected chi connectivity index (χ4v) is 3.03. The first-order valence-corrected chi connectivity index (χ1v) is 7.17. The van der Waals surface area contributed by atoms with Crippen molar-refractivity contribution in [3.05, 3.63) is 26.9 Å². The Morgan fingerprint density at radius 2 is 2.06 bits per heavy atom. The third kappa shape index (κ3) is 3.66. The van der Waals surface area contributed by atoms with Gasteiger partial charge >= 0.3 is 0 Å². The lowest BCUT2D eigenvalue weighted by Gasteiger charge is -2.31. The van der Waals surface area contributed by atoms with Crippen molar-refractivity contribution in [3.8, 4) is 0 Å². The summed E-state index contributed by atoms with van der Waals surface area (Å²) in [5.74, 6) is 0.114. The molecule has 5 heteroatoms. The molecule has 1 fully saturated rings. The van der Waals surface area contributed by atoms with Gasteiger partial charge in [-0.05, 0) is 41.2 Å². The number of carbonyl (C=O) groups is 1. The zero-order valence-electron chi connectivity index (χ0n) is 9.73. The lowest BCUT2D eigenvalue weighted by molar-refractivity contribution is -0.127. The number of nitrogens with zero attached hydrogens (tertiary/aromatic N) is 2. The highest BCUT2D eigenvalue weighted by molar-refractivity contribution is 9.11. The summed E-state index contributed by atoms with van der Waals surface area (Å²) in [6, 6.07) is 3.99. The fraction of sp³-hybridized carbons (Fsp3) is 0.417. The van der Waals surface area contributed by atoms with E-state index in [-0.39, 0.29) is 5.91 Å². The summed E-state index contributed by atoms with van der Waals surface area (Å²) in [6.07, 6.45) is 3.56. The molecule has 0 saturated carbocycles. The number of carbonyl (C=O) groups excluding carboxylic acids is 1. The van der Waals surface area contributed by atoms with Gasteiger partial charge in [0.15, 0.2) is 0 Å². The first-order valence-electron chi connectivity index (χ1n) is 5.56. The van der Waals surface area contributed by atoms with Crippen LogP contribution in [0.5, 0.6) is 0 Å². The Morgan fingerprint density at radius 1 is 1.35 bits per heavy atom. The fourth-order valence-electron chi connectivity index (χ4n) is 1.70. The predicted molar refractivity (Wildman–Crippen MR) is 75.1 cm³/mol. The standard InChI is InChI=1S/C12H15BrN2OS/c1-14-6-8-15(9-7-14)12(16)5-3-10-2-4-11(13)17-10/h2-5H,6-9H2,1H3. The summed E-state index contributed by atoms with van der Waals surface area (Å²) in [4.78, 5) is 17.1. The van der Waals surface area contributed by atoms with E-state index >= 15 is 0 Å². The highest BCUT2D eigenvalue weighted by Gasteiger charge is 2.16. The number of halogens is 1. The number of rotatable bonds is 2. The quantitative estimate of drug-likeness (QED) is 0.782. The Labute approximate surface area is 114 Å². The van der Waals surface area contributed by atoms with Gasteiger partial charge < -0.3 is 9.80 Å². The highest BCUT2D eigenvalue weighted by Crippen LogP contribution is 2.23. The Bertz CT molecular complexity index is 422. The van der Waals surface area contributed by atoms with Crippen LogP contribution >= 0.6 is 27.3 Å². The summed E-state index contributed by atoms with van der Waals surface area (Å²) in [5, 5.41) is 0. The molecule has 1 aromatic rings. The van der Waals surface area contributed by atoms with E-state index < -0.39 is 0 Å². The van der Waals surface area contributed by atoms with Crippen LogP contribution < -0.4 is 0 Å². The second-order valence-corrected chi connectivity index (χ2v) is 6.60. The molecule has 92 valence electrons. The van der Waals surface area contributed by atoms with Crippen LogP contribution in [0, 0.1) is 0 Å². The Kier molecular flexibility index (Phi) is 4.36.